The van der Waals surface area contributed by atoms with E-state index in [-0.39, 0.29) is 64.9 Å². The molecule has 3 aliphatic heterocycles. The highest BCUT2D eigenvalue weighted by Gasteiger charge is 2.59. The van der Waals surface area contributed by atoms with Crippen LogP contribution in [0.15, 0.2) is 64.7 Å². The summed E-state index contributed by atoms with van der Waals surface area (Å²) in [5, 5.41) is 22.7. The zero-order chi connectivity index (χ0) is 37.6. The van der Waals surface area contributed by atoms with Gasteiger partial charge in [-0.15, -0.1) is 0 Å². The first-order valence-corrected chi connectivity index (χ1v) is 16.9. The van der Waals surface area contributed by atoms with Crippen LogP contribution in [0.1, 0.15) is 55.5 Å². The molecule has 0 spiro atoms. The van der Waals surface area contributed by atoms with Gasteiger partial charge in [-0.05, 0) is 65.3 Å². The maximum atomic E-state index is 14.1. The first-order chi connectivity index (χ1) is 24.9. The van der Waals surface area contributed by atoms with Gasteiger partial charge in [0, 0.05) is 69.5 Å². The number of esters is 2. The van der Waals surface area contributed by atoms with Crippen molar-refractivity contribution >= 4 is 29.6 Å². The number of benzene rings is 1. The van der Waals surface area contributed by atoms with E-state index < -0.39 is 47.9 Å². The highest BCUT2D eigenvalue weighted by molar-refractivity contribution is 6.25. The standard InChI is InChI=1S/C39H40N4O9/c1-8-19(2)39(48)51-18-28-30-24(36(21(4)38(50-7)34(30)46)52-29(44)12-11-22-10-9-13-41-17-22)15-26-32-31-23(33(45)20(3)37(49-6)35(31)47)14-25(42(32)5)27(16-40)43(26)28/h8-13,17,25-28,32,46H,14-15,18H2,1-7H3/b12-11+,19-8-/t25-,26+,27+,28+,32+/m1/s1. The molecule has 1 aliphatic carbocycles. The third-order valence-electron chi connectivity index (χ3n) is 10.7. The van der Waals surface area contributed by atoms with E-state index in [1.54, 1.807) is 64.4 Å². The number of likely N-dealkylation sites (N-methyl/N-ethyl adjacent to an activating group) is 1. The Balaban J connectivity index is 1.55. The van der Waals surface area contributed by atoms with E-state index in [2.05, 4.69) is 11.1 Å². The predicted octanol–water partition coefficient (Wildman–Crippen LogP) is 3.85. The van der Waals surface area contributed by atoms with Crippen LogP contribution in [-0.4, -0.2) is 95.4 Å². The molecule has 4 aliphatic rings. The Morgan fingerprint density at radius 3 is 2.50 bits per heavy atom. The number of fused-ring (bicyclic) bond motifs is 6. The number of phenolic OH excluding ortho intramolecular Hbond substituents is 1. The van der Waals surface area contributed by atoms with Crippen LogP contribution in [0.25, 0.3) is 6.08 Å². The lowest BCUT2D eigenvalue weighted by Gasteiger charge is -2.60. The van der Waals surface area contributed by atoms with Gasteiger partial charge < -0.3 is 24.1 Å². The smallest absolute Gasteiger partial charge is 0.336 e. The lowest BCUT2D eigenvalue weighted by Crippen LogP contribution is -2.72. The van der Waals surface area contributed by atoms with Gasteiger partial charge in [-0.25, -0.2) is 9.59 Å². The van der Waals surface area contributed by atoms with Crippen LogP contribution in [0.2, 0.25) is 0 Å². The van der Waals surface area contributed by atoms with Crippen LogP contribution in [0.4, 0.5) is 0 Å². The van der Waals surface area contributed by atoms with Gasteiger partial charge in [-0.3, -0.25) is 24.4 Å². The molecule has 1 N–H and O–H groups in total. The van der Waals surface area contributed by atoms with Gasteiger partial charge in [0.2, 0.25) is 5.78 Å². The van der Waals surface area contributed by atoms with Crippen LogP contribution in [0, 0.1) is 18.3 Å². The summed E-state index contributed by atoms with van der Waals surface area (Å²) in [5.41, 5.74) is 2.86. The number of ether oxygens (including phenoxy) is 4. The van der Waals surface area contributed by atoms with Gasteiger partial charge in [-0.1, -0.05) is 12.1 Å². The Hall–Kier alpha value is -5.58. The van der Waals surface area contributed by atoms with Crippen LogP contribution in [0.3, 0.4) is 0 Å². The number of hydrogen-bond donors (Lipinski definition) is 1. The third-order valence-corrected chi connectivity index (χ3v) is 10.7. The number of aromatic nitrogens is 1. The maximum absolute atomic E-state index is 14.1. The fraction of sp³-hybridized carbons (Fsp3) is 0.385. The van der Waals surface area contributed by atoms with E-state index in [1.807, 2.05) is 16.8 Å². The Morgan fingerprint density at radius 1 is 1.12 bits per heavy atom. The first kappa shape index (κ1) is 36.2. The summed E-state index contributed by atoms with van der Waals surface area (Å²) in [6, 6.07) is 2.13. The number of pyridine rings is 1. The van der Waals surface area contributed by atoms with Crippen LogP contribution in [-0.2, 0) is 35.1 Å². The SMILES string of the molecule is C/C=C(/C)C(=O)OC[C@H]1c2c(O)c(OC)c(C)c(OC(=O)/C=C/c3cccnc3)c2C[C@H]2[C@H]3C4=C(C[C@H]([C@H](C#N)N12)N3C)C(=O)C(C)=C(OC)C4=O. The molecule has 1 saturated heterocycles. The van der Waals surface area contributed by atoms with Gasteiger partial charge in [0.05, 0.1) is 32.4 Å². The molecule has 6 rings (SSSR count). The summed E-state index contributed by atoms with van der Waals surface area (Å²) in [5.74, 6) is -2.17. The lowest BCUT2D eigenvalue weighted by atomic mass is 9.69. The molecule has 270 valence electrons. The number of ketones is 2. The first-order valence-electron chi connectivity index (χ1n) is 16.9. The van der Waals surface area contributed by atoms with Crippen molar-refractivity contribution in [3.8, 4) is 23.3 Å². The average molecular weight is 709 g/mol. The molecular formula is C39H40N4O9. The van der Waals surface area contributed by atoms with Gasteiger partial charge in [0.15, 0.2) is 23.0 Å². The third kappa shape index (κ3) is 5.78. The summed E-state index contributed by atoms with van der Waals surface area (Å²) < 4.78 is 23.0. The zero-order valence-electron chi connectivity index (χ0n) is 30.1. The zero-order valence-corrected chi connectivity index (χ0v) is 30.1. The molecule has 0 unspecified atom stereocenters. The number of aromatic hydroxyl groups is 1. The van der Waals surface area contributed by atoms with E-state index in [0.29, 0.717) is 27.8 Å². The van der Waals surface area contributed by atoms with Crippen molar-refractivity contribution in [2.75, 3.05) is 27.9 Å². The van der Waals surface area contributed by atoms with E-state index in [4.69, 9.17) is 18.9 Å². The number of methoxy groups -OCH3 is 2. The van der Waals surface area contributed by atoms with Crippen molar-refractivity contribution in [2.45, 2.75) is 70.7 Å². The maximum Gasteiger partial charge on any atom is 0.336 e. The monoisotopic (exact) mass is 708 g/mol. The average Bonchev–Trinajstić information content (AvgIpc) is 3.14. The number of nitriles is 1. The largest absolute Gasteiger partial charge is 0.504 e. The van der Waals surface area contributed by atoms with Crippen LogP contribution in [0.5, 0.6) is 17.2 Å². The van der Waals surface area contributed by atoms with Gasteiger partial charge >= 0.3 is 11.9 Å². The Labute approximate surface area is 301 Å². The molecule has 2 aromatic rings. The number of Topliss-reactive ketones (excluding diaryl/α,β-unsaturated/α-hetero) is 2. The fourth-order valence-electron chi connectivity index (χ4n) is 8.10. The van der Waals surface area contributed by atoms with Crippen molar-refractivity contribution < 1.29 is 43.2 Å². The second-order valence-corrected chi connectivity index (χ2v) is 13.2. The number of hydrogen-bond acceptors (Lipinski definition) is 13. The van der Waals surface area contributed by atoms with E-state index >= 15 is 0 Å². The number of piperazine rings is 1. The van der Waals surface area contributed by atoms with E-state index in [9.17, 15) is 29.5 Å². The summed E-state index contributed by atoms with van der Waals surface area (Å²) in [6.45, 7) is 6.22. The quantitative estimate of drug-likeness (QED) is 0.182. The normalized spacial score (nSPS) is 24.6. The number of carbonyl (C=O) groups excluding carboxylic acids is 4. The Morgan fingerprint density at radius 2 is 1.87 bits per heavy atom. The van der Waals surface area contributed by atoms with Gasteiger partial charge in [0.25, 0.3) is 0 Å². The Kier molecular flexibility index (Phi) is 9.90. The van der Waals surface area contributed by atoms with E-state index in [0.717, 1.165) is 0 Å². The second kappa shape index (κ2) is 14.2. The molecule has 1 fully saturated rings. The summed E-state index contributed by atoms with van der Waals surface area (Å²) in [4.78, 5) is 62.3. The number of allylic oxidation sites excluding steroid dienone is 3. The lowest BCUT2D eigenvalue weighted by molar-refractivity contribution is -0.144. The minimum absolute atomic E-state index is 0.0404. The van der Waals surface area contributed by atoms with Gasteiger partial charge in [-0.2, -0.15) is 5.26 Å². The molecule has 1 aromatic heterocycles. The topological polar surface area (TPSA) is 169 Å². The van der Waals surface area contributed by atoms with Crippen molar-refractivity contribution in [1.82, 2.24) is 14.8 Å². The highest BCUT2D eigenvalue weighted by atomic mass is 16.5. The number of nitrogens with zero attached hydrogens (tertiary/aromatic N) is 4. The summed E-state index contributed by atoms with van der Waals surface area (Å²) >= 11 is 0. The summed E-state index contributed by atoms with van der Waals surface area (Å²) in [6.07, 6.45) is 7.82. The molecule has 0 amide bonds. The van der Waals surface area contributed by atoms with Crippen molar-refractivity contribution in [1.29, 1.82) is 5.26 Å². The van der Waals surface area contributed by atoms with Gasteiger partial charge in [0.1, 0.15) is 18.4 Å². The second-order valence-electron chi connectivity index (χ2n) is 13.2. The minimum atomic E-state index is -0.959. The molecule has 52 heavy (non-hydrogen) atoms. The molecule has 0 radical (unpaired) electrons. The highest BCUT2D eigenvalue weighted by Crippen LogP contribution is 2.55. The number of phenols is 1. The molecule has 13 nitrogen and oxygen atoms in total. The molecule has 2 bridgehead atoms. The Bertz CT molecular complexity index is 2040. The van der Waals surface area contributed by atoms with Crippen molar-refractivity contribution in [2.24, 2.45) is 0 Å². The molecule has 13 heteroatoms. The minimum Gasteiger partial charge on any atom is -0.504 e. The fourth-order valence-corrected chi connectivity index (χ4v) is 8.10. The van der Waals surface area contributed by atoms with Crippen molar-refractivity contribution in [3.63, 3.8) is 0 Å². The number of carbonyl (C=O) groups is 4. The van der Waals surface area contributed by atoms with Crippen LogP contribution >= 0.6 is 0 Å². The van der Waals surface area contributed by atoms with Crippen LogP contribution < -0.4 is 9.47 Å². The number of rotatable bonds is 8. The molecule has 5 atom stereocenters. The predicted molar refractivity (Wildman–Crippen MR) is 187 cm³/mol. The molecule has 1 aromatic carbocycles. The molecular weight excluding hydrogens is 668 g/mol. The summed E-state index contributed by atoms with van der Waals surface area (Å²) in [7, 11) is 4.54. The van der Waals surface area contributed by atoms with Crippen molar-refractivity contribution in [3.05, 3.63) is 87.0 Å². The van der Waals surface area contributed by atoms with E-state index in [1.165, 1.54) is 20.3 Å². The molecule has 0 saturated carbocycles. The molecule has 4 heterocycles.